The van der Waals surface area contributed by atoms with Crippen LogP contribution in [0.3, 0.4) is 0 Å². The number of carbonyl (C=O) groups is 2. The van der Waals surface area contributed by atoms with E-state index in [4.69, 9.17) is 9.47 Å². The van der Waals surface area contributed by atoms with Crippen molar-refractivity contribution in [3.8, 4) is 11.5 Å². The van der Waals surface area contributed by atoms with Crippen LogP contribution in [0.25, 0.3) is 6.08 Å². The fourth-order valence-electron chi connectivity index (χ4n) is 3.38. The molecule has 0 aliphatic carbocycles. The van der Waals surface area contributed by atoms with Crippen molar-refractivity contribution in [2.24, 2.45) is 0 Å². The Hall–Kier alpha value is -2.82. The van der Waals surface area contributed by atoms with Crippen molar-refractivity contribution in [3.05, 3.63) is 52.1 Å². The van der Waals surface area contributed by atoms with Gasteiger partial charge < -0.3 is 14.6 Å². The first-order chi connectivity index (χ1) is 14.1. The molecule has 30 heavy (non-hydrogen) atoms. The van der Waals surface area contributed by atoms with Crippen LogP contribution in [0.15, 0.2) is 35.4 Å². The highest BCUT2D eigenvalue weighted by Crippen LogP contribution is 2.42. The van der Waals surface area contributed by atoms with E-state index in [0.29, 0.717) is 28.7 Å². The van der Waals surface area contributed by atoms with Crippen LogP contribution in [0.5, 0.6) is 11.5 Å². The van der Waals surface area contributed by atoms with Crippen molar-refractivity contribution in [2.45, 2.75) is 72.5 Å². The van der Waals surface area contributed by atoms with Gasteiger partial charge in [0.25, 0.3) is 0 Å². The van der Waals surface area contributed by atoms with Gasteiger partial charge in [-0.15, -0.1) is 0 Å². The van der Waals surface area contributed by atoms with Crippen molar-refractivity contribution in [1.82, 2.24) is 0 Å². The molecule has 0 aromatic heterocycles. The molecular weight excluding hydrogens is 380 g/mol. The molecule has 1 aromatic carbocycles. The van der Waals surface area contributed by atoms with E-state index in [1.807, 2.05) is 13.0 Å². The number of phenolic OH excluding ortho intramolecular Hbond substituents is 1. The highest BCUT2D eigenvalue weighted by molar-refractivity contribution is 5.87. The minimum absolute atomic E-state index is 0.00827. The highest BCUT2D eigenvalue weighted by Gasteiger charge is 2.31. The van der Waals surface area contributed by atoms with Crippen LogP contribution in [-0.2, 0) is 16.1 Å². The first-order valence-electron chi connectivity index (χ1n) is 10.3. The molecule has 1 aromatic rings. The topological polar surface area (TPSA) is 72.8 Å². The number of phenols is 1. The second-order valence-electron chi connectivity index (χ2n) is 8.27. The second kappa shape index (κ2) is 10.3. The van der Waals surface area contributed by atoms with E-state index in [2.05, 4.69) is 32.9 Å². The fraction of sp³-hybridized carbons (Fsp3) is 0.440. The molecule has 0 amide bonds. The molecule has 1 atom stereocenters. The maximum atomic E-state index is 11.8. The Labute approximate surface area is 179 Å². The molecule has 1 aliphatic heterocycles. The van der Waals surface area contributed by atoms with Crippen LogP contribution in [-0.4, -0.2) is 23.0 Å². The quantitative estimate of drug-likeness (QED) is 0.310. The van der Waals surface area contributed by atoms with Gasteiger partial charge in [-0.1, -0.05) is 23.3 Å². The summed E-state index contributed by atoms with van der Waals surface area (Å²) in [7, 11) is 0. The van der Waals surface area contributed by atoms with E-state index in [9.17, 15) is 14.7 Å². The highest BCUT2D eigenvalue weighted by atomic mass is 16.5. The third kappa shape index (κ3) is 6.34. The summed E-state index contributed by atoms with van der Waals surface area (Å²) in [5, 5.41) is 10.4. The number of aromatic hydroxyl groups is 1. The number of allylic oxidation sites excluding steroid dienone is 4. The van der Waals surface area contributed by atoms with Gasteiger partial charge in [-0.25, -0.2) is 0 Å². The van der Waals surface area contributed by atoms with Crippen molar-refractivity contribution in [2.75, 3.05) is 0 Å². The number of fused-ring (bicyclic) bond motifs is 1. The summed E-state index contributed by atoms with van der Waals surface area (Å²) in [6.07, 6.45) is 12.5. The largest absolute Gasteiger partial charge is 0.507 e. The van der Waals surface area contributed by atoms with E-state index in [0.717, 1.165) is 25.7 Å². The smallest absolute Gasteiger partial charge is 0.302 e. The van der Waals surface area contributed by atoms with E-state index in [1.165, 1.54) is 24.1 Å². The standard InChI is InChI=1S/C25H32O5/c1-17(2)8-6-9-18(3)10-7-12-25(5)13-11-21-23(28)14-20(16-29-19(4)27)22(15-26)24(21)30-25/h8,10-11,13-15,28H,6-7,9,12,16H2,1-5H3/b18-10-/t25-/m0/s1. The Kier molecular flexibility index (Phi) is 8.04. The number of carbonyl (C=O) groups excluding carboxylic acids is 2. The maximum Gasteiger partial charge on any atom is 0.302 e. The SMILES string of the molecule is CC(=O)OCc1cc(O)c2c(c1C=O)O[C@@](C)(CC/C=C(/C)CCC=C(C)C)C=C2. The van der Waals surface area contributed by atoms with Crippen molar-refractivity contribution < 1.29 is 24.2 Å². The molecule has 0 saturated heterocycles. The number of rotatable bonds is 9. The monoisotopic (exact) mass is 412 g/mol. The second-order valence-corrected chi connectivity index (χ2v) is 8.27. The van der Waals surface area contributed by atoms with Gasteiger partial charge in [0.05, 0.1) is 11.1 Å². The summed E-state index contributed by atoms with van der Waals surface area (Å²) in [5.41, 5.74) is 3.25. The van der Waals surface area contributed by atoms with Gasteiger partial charge in [0.1, 0.15) is 23.7 Å². The molecule has 1 heterocycles. The Morgan fingerprint density at radius 1 is 1.20 bits per heavy atom. The molecule has 0 fully saturated rings. The molecule has 0 saturated carbocycles. The zero-order chi connectivity index (χ0) is 22.3. The van der Waals surface area contributed by atoms with Gasteiger partial charge in [0.2, 0.25) is 0 Å². The summed E-state index contributed by atoms with van der Waals surface area (Å²) in [6, 6.07) is 1.44. The van der Waals surface area contributed by atoms with E-state index in [-0.39, 0.29) is 12.4 Å². The van der Waals surface area contributed by atoms with Crippen LogP contribution in [0.1, 0.15) is 81.8 Å². The molecule has 162 valence electrons. The number of aldehydes is 1. The van der Waals surface area contributed by atoms with Crippen LogP contribution in [0, 0.1) is 0 Å². The molecule has 0 spiro atoms. The van der Waals surface area contributed by atoms with Crippen LogP contribution in [0.4, 0.5) is 0 Å². The van der Waals surface area contributed by atoms with Crippen LogP contribution in [0.2, 0.25) is 0 Å². The Balaban J connectivity index is 2.15. The van der Waals surface area contributed by atoms with Gasteiger partial charge in [0, 0.05) is 12.5 Å². The first kappa shape index (κ1) is 23.5. The van der Waals surface area contributed by atoms with Crippen molar-refractivity contribution in [3.63, 3.8) is 0 Å². The minimum atomic E-state index is -0.603. The van der Waals surface area contributed by atoms with E-state index < -0.39 is 11.6 Å². The van der Waals surface area contributed by atoms with E-state index in [1.54, 1.807) is 6.08 Å². The summed E-state index contributed by atoms with van der Waals surface area (Å²) < 4.78 is 11.2. The molecule has 0 radical (unpaired) electrons. The summed E-state index contributed by atoms with van der Waals surface area (Å²) in [5.74, 6) is -0.131. The van der Waals surface area contributed by atoms with Crippen LogP contribution >= 0.6 is 0 Å². The van der Waals surface area contributed by atoms with Crippen molar-refractivity contribution in [1.29, 1.82) is 0 Å². The molecule has 1 aliphatic rings. The number of hydrogen-bond acceptors (Lipinski definition) is 5. The number of benzene rings is 1. The molecule has 2 rings (SSSR count). The normalized spacial score (nSPS) is 17.7. The zero-order valence-corrected chi connectivity index (χ0v) is 18.6. The average molecular weight is 413 g/mol. The maximum absolute atomic E-state index is 11.8. The predicted octanol–water partition coefficient (Wildman–Crippen LogP) is 5.91. The molecule has 5 heteroatoms. The lowest BCUT2D eigenvalue weighted by Gasteiger charge is -2.33. The lowest BCUT2D eigenvalue weighted by atomic mass is 9.92. The summed E-state index contributed by atoms with van der Waals surface area (Å²) >= 11 is 0. The minimum Gasteiger partial charge on any atom is -0.507 e. The first-order valence-corrected chi connectivity index (χ1v) is 10.3. The zero-order valence-electron chi connectivity index (χ0n) is 18.6. The fourth-order valence-corrected chi connectivity index (χ4v) is 3.38. The third-order valence-electron chi connectivity index (χ3n) is 5.13. The van der Waals surface area contributed by atoms with Gasteiger partial charge in [-0.3, -0.25) is 9.59 Å². The van der Waals surface area contributed by atoms with E-state index >= 15 is 0 Å². The van der Waals surface area contributed by atoms with Gasteiger partial charge in [0.15, 0.2) is 6.29 Å². The Morgan fingerprint density at radius 2 is 1.93 bits per heavy atom. The average Bonchev–Trinajstić information content (AvgIpc) is 2.65. The predicted molar refractivity (Wildman–Crippen MR) is 119 cm³/mol. The lowest BCUT2D eigenvalue weighted by Crippen LogP contribution is -2.32. The number of esters is 1. The molecule has 0 unspecified atom stereocenters. The Morgan fingerprint density at radius 3 is 2.57 bits per heavy atom. The summed E-state index contributed by atoms with van der Waals surface area (Å²) in [4.78, 5) is 22.9. The molecule has 0 bridgehead atoms. The molecule has 5 nitrogen and oxygen atoms in total. The van der Waals surface area contributed by atoms with Gasteiger partial charge in [-0.2, -0.15) is 0 Å². The van der Waals surface area contributed by atoms with Crippen LogP contribution < -0.4 is 4.74 Å². The lowest BCUT2D eigenvalue weighted by molar-refractivity contribution is -0.142. The third-order valence-corrected chi connectivity index (χ3v) is 5.13. The van der Waals surface area contributed by atoms with Gasteiger partial charge in [-0.05, 0) is 71.6 Å². The van der Waals surface area contributed by atoms with Crippen molar-refractivity contribution >= 4 is 18.3 Å². The molecule has 1 N–H and O–H groups in total. The molecular formula is C25H32O5. The number of hydrogen-bond donors (Lipinski definition) is 1. The number of ether oxygens (including phenoxy) is 2. The Bertz CT molecular complexity index is 887. The van der Waals surface area contributed by atoms with Gasteiger partial charge >= 0.3 is 5.97 Å². The summed E-state index contributed by atoms with van der Waals surface area (Å²) in [6.45, 7) is 9.51.